The molecule has 2 aromatic rings. The lowest BCUT2D eigenvalue weighted by Gasteiger charge is -2.07. The zero-order chi connectivity index (χ0) is 10.5. The molecule has 0 aliphatic heterocycles. The molecule has 0 saturated carbocycles. The molecule has 15 heavy (non-hydrogen) atoms. The summed E-state index contributed by atoms with van der Waals surface area (Å²) in [5.41, 5.74) is 0. The average molecular weight is 207 g/mol. The second-order valence-corrected chi connectivity index (χ2v) is 3.14. The van der Waals surface area contributed by atoms with Gasteiger partial charge in [-0.2, -0.15) is 9.97 Å². The van der Waals surface area contributed by atoms with Gasteiger partial charge in [0.05, 0.1) is 0 Å². The molecular weight excluding hydrogens is 196 g/mol. The van der Waals surface area contributed by atoms with Crippen LogP contribution in [0, 0.1) is 6.92 Å². The molecule has 1 radical (unpaired) electrons. The molecular formula is C9H11N4O2. The number of hydrogen-bond donors (Lipinski definition) is 0. The first-order valence-corrected chi connectivity index (χ1v) is 4.71. The van der Waals surface area contributed by atoms with Crippen LogP contribution in [0.15, 0.2) is 21.7 Å². The Kier molecular flexibility index (Phi) is 3.06. The predicted molar refractivity (Wildman–Crippen MR) is 49.6 cm³/mol. The van der Waals surface area contributed by atoms with E-state index in [9.17, 15) is 0 Å². The maximum Gasteiger partial charge on any atom is 0.229 e. The summed E-state index contributed by atoms with van der Waals surface area (Å²) in [6.07, 6.45) is 5.00. The third-order valence-electron chi connectivity index (χ3n) is 2.19. The minimum atomic E-state index is 0.152. The minimum absolute atomic E-state index is 0.152. The van der Waals surface area contributed by atoms with E-state index in [1.165, 1.54) is 12.7 Å². The molecule has 0 aliphatic rings. The average Bonchev–Trinajstić information content (AvgIpc) is 2.90. The minimum Gasteiger partial charge on any atom is -0.340 e. The van der Waals surface area contributed by atoms with Crippen molar-refractivity contribution >= 4 is 0 Å². The summed E-state index contributed by atoms with van der Waals surface area (Å²) < 4.78 is 9.89. The third kappa shape index (κ3) is 2.39. The SMILES string of the molecule is [CH2]CC(CCc1ncno1)c1ncno1. The monoisotopic (exact) mass is 207 g/mol. The number of hydrogen-bond acceptors (Lipinski definition) is 6. The largest absolute Gasteiger partial charge is 0.340 e. The van der Waals surface area contributed by atoms with Gasteiger partial charge in [-0.1, -0.05) is 17.2 Å². The Morgan fingerprint density at radius 3 is 2.60 bits per heavy atom. The van der Waals surface area contributed by atoms with Crippen molar-refractivity contribution in [3.63, 3.8) is 0 Å². The highest BCUT2D eigenvalue weighted by molar-refractivity contribution is 4.91. The molecule has 6 heteroatoms. The van der Waals surface area contributed by atoms with E-state index >= 15 is 0 Å². The van der Waals surface area contributed by atoms with Crippen molar-refractivity contribution in [2.24, 2.45) is 0 Å². The van der Waals surface area contributed by atoms with Gasteiger partial charge in [-0.15, -0.1) is 0 Å². The molecule has 79 valence electrons. The summed E-state index contributed by atoms with van der Waals surface area (Å²) in [5, 5.41) is 7.11. The van der Waals surface area contributed by atoms with Crippen molar-refractivity contribution in [2.45, 2.75) is 25.2 Å². The van der Waals surface area contributed by atoms with E-state index in [1.54, 1.807) is 0 Å². The Morgan fingerprint density at radius 2 is 2.00 bits per heavy atom. The molecule has 0 bridgehead atoms. The molecule has 2 rings (SSSR count). The van der Waals surface area contributed by atoms with Gasteiger partial charge in [0.25, 0.3) is 0 Å². The van der Waals surface area contributed by atoms with Crippen LogP contribution >= 0.6 is 0 Å². The second-order valence-electron chi connectivity index (χ2n) is 3.14. The van der Waals surface area contributed by atoms with Gasteiger partial charge in [-0.25, -0.2) is 0 Å². The molecule has 2 aromatic heterocycles. The summed E-state index contributed by atoms with van der Waals surface area (Å²) >= 11 is 0. The lowest BCUT2D eigenvalue weighted by Crippen LogP contribution is -2.00. The summed E-state index contributed by atoms with van der Waals surface area (Å²) in [4.78, 5) is 7.94. The molecule has 2 heterocycles. The van der Waals surface area contributed by atoms with Gasteiger partial charge >= 0.3 is 0 Å². The molecule has 0 saturated heterocycles. The lowest BCUT2D eigenvalue weighted by molar-refractivity contribution is 0.332. The maximum absolute atomic E-state index is 4.99. The van der Waals surface area contributed by atoms with Crippen molar-refractivity contribution in [2.75, 3.05) is 0 Å². The fourth-order valence-corrected chi connectivity index (χ4v) is 1.36. The summed E-state index contributed by atoms with van der Waals surface area (Å²) in [5.74, 6) is 1.39. The van der Waals surface area contributed by atoms with E-state index in [-0.39, 0.29) is 5.92 Å². The highest BCUT2D eigenvalue weighted by atomic mass is 16.5. The van der Waals surface area contributed by atoms with Crippen LogP contribution in [-0.2, 0) is 6.42 Å². The van der Waals surface area contributed by atoms with Crippen molar-refractivity contribution in [3.8, 4) is 0 Å². The van der Waals surface area contributed by atoms with E-state index < -0.39 is 0 Å². The van der Waals surface area contributed by atoms with Crippen molar-refractivity contribution in [1.29, 1.82) is 0 Å². The first-order chi connectivity index (χ1) is 7.40. The molecule has 1 atom stereocenters. The van der Waals surface area contributed by atoms with Crippen LogP contribution < -0.4 is 0 Å². The molecule has 0 spiro atoms. The Bertz CT molecular complexity index is 371. The fourth-order valence-electron chi connectivity index (χ4n) is 1.36. The van der Waals surface area contributed by atoms with Gasteiger partial charge in [-0.05, 0) is 12.8 Å². The summed E-state index contributed by atoms with van der Waals surface area (Å²) in [7, 11) is 0. The molecule has 0 fully saturated rings. The van der Waals surface area contributed by atoms with E-state index in [1.807, 2.05) is 0 Å². The number of nitrogens with zero attached hydrogens (tertiary/aromatic N) is 4. The Balaban J connectivity index is 1.92. The molecule has 0 N–H and O–H groups in total. The first-order valence-electron chi connectivity index (χ1n) is 4.71. The van der Waals surface area contributed by atoms with E-state index in [0.29, 0.717) is 24.6 Å². The normalized spacial score (nSPS) is 12.9. The second kappa shape index (κ2) is 4.68. The topological polar surface area (TPSA) is 77.8 Å². The number of aryl methyl sites for hydroxylation is 1. The van der Waals surface area contributed by atoms with Gasteiger partial charge < -0.3 is 9.05 Å². The van der Waals surface area contributed by atoms with Crippen molar-refractivity contribution < 1.29 is 9.05 Å². The summed E-state index contributed by atoms with van der Waals surface area (Å²) in [6.45, 7) is 3.85. The molecule has 0 amide bonds. The molecule has 1 unspecified atom stereocenters. The highest BCUT2D eigenvalue weighted by Crippen LogP contribution is 2.21. The van der Waals surface area contributed by atoms with E-state index in [2.05, 4.69) is 27.2 Å². The van der Waals surface area contributed by atoms with Crippen LogP contribution in [0.3, 0.4) is 0 Å². The van der Waals surface area contributed by atoms with Gasteiger partial charge in [0.2, 0.25) is 11.8 Å². The fraction of sp³-hybridized carbons (Fsp3) is 0.444. The van der Waals surface area contributed by atoms with Crippen molar-refractivity contribution in [1.82, 2.24) is 20.3 Å². The van der Waals surface area contributed by atoms with Crippen LogP contribution in [0.5, 0.6) is 0 Å². The smallest absolute Gasteiger partial charge is 0.229 e. The van der Waals surface area contributed by atoms with Crippen LogP contribution in [0.25, 0.3) is 0 Å². The molecule has 0 aliphatic carbocycles. The van der Waals surface area contributed by atoms with Crippen LogP contribution in [0.1, 0.15) is 30.5 Å². The standard InChI is InChI=1S/C9H11N4O2/c1-2-7(9-11-6-13-15-9)3-4-8-10-5-12-14-8/h5-7H,1-4H2. The van der Waals surface area contributed by atoms with Gasteiger partial charge in [0.15, 0.2) is 12.7 Å². The van der Waals surface area contributed by atoms with Crippen LogP contribution in [0.4, 0.5) is 0 Å². The zero-order valence-electron chi connectivity index (χ0n) is 8.17. The highest BCUT2D eigenvalue weighted by Gasteiger charge is 2.16. The maximum atomic E-state index is 4.99. The Morgan fingerprint density at radius 1 is 1.20 bits per heavy atom. The van der Waals surface area contributed by atoms with Crippen LogP contribution in [-0.4, -0.2) is 20.3 Å². The third-order valence-corrected chi connectivity index (χ3v) is 2.19. The lowest BCUT2D eigenvalue weighted by atomic mass is 10.0. The van der Waals surface area contributed by atoms with E-state index in [0.717, 1.165) is 6.42 Å². The Labute approximate surface area is 86.7 Å². The van der Waals surface area contributed by atoms with Crippen LogP contribution in [0.2, 0.25) is 0 Å². The van der Waals surface area contributed by atoms with Gasteiger partial charge in [-0.3, -0.25) is 0 Å². The zero-order valence-corrected chi connectivity index (χ0v) is 8.17. The predicted octanol–water partition coefficient (Wildman–Crippen LogP) is 1.39. The number of aromatic nitrogens is 4. The van der Waals surface area contributed by atoms with Crippen molar-refractivity contribution in [3.05, 3.63) is 31.4 Å². The first kappa shape index (κ1) is 9.82. The molecule has 0 aromatic carbocycles. The molecule has 6 nitrogen and oxygen atoms in total. The van der Waals surface area contributed by atoms with E-state index in [4.69, 9.17) is 9.05 Å². The summed E-state index contributed by atoms with van der Waals surface area (Å²) in [6, 6.07) is 0. The quantitative estimate of drug-likeness (QED) is 0.737. The van der Waals surface area contributed by atoms with Gasteiger partial charge in [0.1, 0.15) is 0 Å². The number of rotatable bonds is 5. The van der Waals surface area contributed by atoms with Gasteiger partial charge in [0, 0.05) is 12.3 Å². The Hall–Kier alpha value is -1.72.